The Morgan fingerprint density at radius 3 is 2.69 bits per heavy atom. The van der Waals surface area contributed by atoms with Crippen molar-refractivity contribution in [3.63, 3.8) is 0 Å². The number of benzene rings is 1. The molecule has 0 radical (unpaired) electrons. The average Bonchev–Trinajstić information content (AvgIpc) is 2.62. The van der Waals surface area contributed by atoms with Gasteiger partial charge < -0.3 is 10.5 Å². The summed E-state index contributed by atoms with van der Waals surface area (Å²) in [7, 11) is 0. The smallest absolute Gasteiger partial charge is 0.119 e. The van der Waals surface area contributed by atoms with E-state index in [1.165, 1.54) is 5.75 Å². The zero-order valence-corrected chi connectivity index (χ0v) is 8.22. The number of ether oxygens (including phenoxy) is 1. The maximum atomic E-state index is 5.75. The zero-order chi connectivity index (χ0) is 9.10. The second kappa shape index (κ2) is 3.92. The first kappa shape index (κ1) is 8.75. The molecule has 0 unspecified atom stereocenters. The van der Waals surface area contributed by atoms with Crippen molar-refractivity contribution < 1.29 is 4.74 Å². The predicted molar refractivity (Wildman–Crippen MR) is 57.2 cm³/mol. The van der Waals surface area contributed by atoms with Crippen molar-refractivity contribution in [1.82, 2.24) is 0 Å². The lowest BCUT2D eigenvalue weighted by molar-refractivity contribution is 0.229. The Morgan fingerprint density at radius 2 is 2.08 bits per heavy atom. The Hall–Kier alpha value is -0.830. The number of nitrogens with two attached hydrogens (primary N) is 1. The summed E-state index contributed by atoms with van der Waals surface area (Å²) >= 11 is 1.95. The summed E-state index contributed by atoms with van der Waals surface area (Å²) in [6.45, 7) is 0. The van der Waals surface area contributed by atoms with E-state index >= 15 is 0 Å². The van der Waals surface area contributed by atoms with Crippen LogP contribution < -0.4 is 10.5 Å². The summed E-state index contributed by atoms with van der Waals surface area (Å²) in [6, 6.07) is 7.60. The molecular formula is C10H13NOS. The standard InChI is InChI=1S/C10H13NOS/c11-8-1-3-9(4-2-8)12-10-5-6-13-7-10/h1-4,10H,5-7,11H2/t10-/m1/s1. The summed E-state index contributed by atoms with van der Waals surface area (Å²) in [4.78, 5) is 0. The summed E-state index contributed by atoms with van der Waals surface area (Å²) in [6.07, 6.45) is 1.56. The molecule has 0 aromatic heterocycles. The highest BCUT2D eigenvalue weighted by Gasteiger charge is 2.16. The van der Waals surface area contributed by atoms with Crippen LogP contribution in [0, 0.1) is 0 Å². The molecule has 2 nitrogen and oxygen atoms in total. The molecule has 0 bridgehead atoms. The van der Waals surface area contributed by atoms with Gasteiger partial charge in [-0.25, -0.2) is 0 Å². The number of nitrogen functional groups attached to an aromatic ring is 1. The molecule has 2 N–H and O–H groups in total. The van der Waals surface area contributed by atoms with Crippen LogP contribution in [0.5, 0.6) is 5.75 Å². The molecule has 0 spiro atoms. The highest BCUT2D eigenvalue weighted by molar-refractivity contribution is 7.99. The fraction of sp³-hybridized carbons (Fsp3) is 0.400. The second-order valence-electron chi connectivity index (χ2n) is 3.17. The lowest BCUT2D eigenvalue weighted by Gasteiger charge is -2.11. The van der Waals surface area contributed by atoms with Crippen LogP contribution in [0.4, 0.5) is 5.69 Å². The maximum absolute atomic E-state index is 5.75. The molecule has 0 amide bonds. The van der Waals surface area contributed by atoms with Gasteiger partial charge in [0.1, 0.15) is 11.9 Å². The first-order valence-electron chi connectivity index (χ1n) is 4.44. The Labute approximate surface area is 82.5 Å². The predicted octanol–water partition coefficient (Wildman–Crippen LogP) is 2.15. The molecule has 70 valence electrons. The number of hydrogen-bond donors (Lipinski definition) is 1. The summed E-state index contributed by atoms with van der Waals surface area (Å²) < 4.78 is 5.75. The van der Waals surface area contributed by atoms with Crippen molar-refractivity contribution in [2.75, 3.05) is 17.2 Å². The van der Waals surface area contributed by atoms with Crippen LogP contribution in [0.1, 0.15) is 6.42 Å². The molecule has 1 aromatic carbocycles. The van der Waals surface area contributed by atoms with E-state index in [4.69, 9.17) is 10.5 Å². The van der Waals surface area contributed by atoms with Gasteiger partial charge in [0.2, 0.25) is 0 Å². The van der Waals surface area contributed by atoms with Gasteiger partial charge >= 0.3 is 0 Å². The van der Waals surface area contributed by atoms with Gasteiger partial charge in [-0.05, 0) is 36.4 Å². The monoisotopic (exact) mass is 195 g/mol. The number of thioether (sulfide) groups is 1. The van der Waals surface area contributed by atoms with Crippen molar-refractivity contribution >= 4 is 17.4 Å². The molecule has 1 heterocycles. The van der Waals surface area contributed by atoms with Gasteiger partial charge in [0.15, 0.2) is 0 Å². The van der Waals surface area contributed by atoms with E-state index in [0.29, 0.717) is 6.10 Å². The summed E-state index contributed by atoms with van der Waals surface area (Å²) in [5.74, 6) is 3.27. The van der Waals surface area contributed by atoms with Crippen molar-refractivity contribution in [3.8, 4) is 5.75 Å². The molecule has 13 heavy (non-hydrogen) atoms. The van der Waals surface area contributed by atoms with Crippen LogP contribution in [0.3, 0.4) is 0 Å². The van der Waals surface area contributed by atoms with Crippen molar-refractivity contribution in [2.24, 2.45) is 0 Å². The van der Waals surface area contributed by atoms with E-state index in [1.807, 2.05) is 36.0 Å². The summed E-state index contributed by atoms with van der Waals surface area (Å²) in [5.41, 5.74) is 6.36. The minimum Gasteiger partial charge on any atom is -0.490 e. The molecule has 3 heteroatoms. The van der Waals surface area contributed by atoms with Gasteiger partial charge in [-0.1, -0.05) is 0 Å². The number of rotatable bonds is 2. The Morgan fingerprint density at radius 1 is 1.31 bits per heavy atom. The molecule has 1 aliphatic heterocycles. The molecule has 1 saturated heterocycles. The highest BCUT2D eigenvalue weighted by Crippen LogP contribution is 2.23. The largest absolute Gasteiger partial charge is 0.490 e. The van der Waals surface area contributed by atoms with E-state index in [0.717, 1.165) is 23.6 Å². The van der Waals surface area contributed by atoms with Crippen LogP contribution in [-0.4, -0.2) is 17.6 Å². The highest BCUT2D eigenvalue weighted by atomic mass is 32.2. The second-order valence-corrected chi connectivity index (χ2v) is 4.32. The number of anilines is 1. The number of hydrogen-bond acceptors (Lipinski definition) is 3. The summed E-state index contributed by atoms with van der Waals surface area (Å²) in [5, 5.41) is 0. The fourth-order valence-corrected chi connectivity index (χ4v) is 2.44. The first-order valence-corrected chi connectivity index (χ1v) is 5.60. The van der Waals surface area contributed by atoms with Crippen LogP contribution in [0.2, 0.25) is 0 Å². The van der Waals surface area contributed by atoms with Gasteiger partial charge in [0.05, 0.1) is 0 Å². The quantitative estimate of drug-likeness (QED) is 0.734. The first-order chi connectivity index (χ1) is 6.34. The van der Waals surface area contributed by atoms with E-state index in [1.54, 1.807) is 0 Å². The molecule has 1 aromatic rings. The van der Waals surface area contributed by atoms with Gasteiger partial charge in [-0.3, -0.25) is 0 Å². The third kappa shape index (κ3) is 2.31. The minimum absolute atomic E-state index is 0.397. The van der Waals surface area contributed by atoms with Crippen molar-refractivity contribution in [3.05, 3.63) is 24.3 Å². The average molecular weight is 195 g/mol. The van der Waals surface area contributed by atoms with Crippen molar-refractivity contribution in [1.29, 1.82) is 0 Å². The van der Waals surface area contributed by atoms with E-state index in [-0.39, 0.29) is 0 Å². The molecule has 1 fully saturated rings. The molecule has 1 aliphatic rings. The van der Waals surface area contributed by atoms with Gasteiger partial charge in [0.25, 0.3) is 0 Å². The van der Waals surface area contributed by atoms with Crippen LogP contribution in [-0.2, 0) is 0 Å². The Kier molecular flexibility index (Phi) is 2.64. The lowest BCUT2D eigenvalue weighted by Crippen LogP contribution is -2.14. The molecular weight excluding hydrogens is 182 g/mol. The van der Waals surface area contributed by atoms with E-state index in [9.17, 15) is 0 Å². The normalized spacial score (nSPS) is 21.7. The Bertz CT molecular complexity index is 267. The van der Waals surface area contributed by atoms with Gasteiger partial charge in [0, 0.05) is 11.4 Å². The van der Waals surface area contributed by atoms with Crippen LogP contribution in [0.25, 0.3) is 0 Å². The minimum atomic E-state index is 0.397. The SMILES string of the molecule is Nc1ccc(O[C@@H]2CCSC2)cc1. The molecule has 0 saturated carbocycles. The lowest BCUT2D eigenvalue weighted by atomic mass is 10.3. The van der Waals surface area contributed by atoms with Gasteiger partial charge in [-0.15, -0.1) is 0 Å². The van der Waals surface area contributed by atoms with Crippen LogP contribution >= 0.6 is 11.8 Å². The van der Waals surface area contributed by atoms with Gasteiger partial charge in [-0.2, -0.15) is 11.8 Å². The third-order valence-corrected chi connectivity index (χ3v) is 3.20. The molecule has 2 rings (SSSR count). The molecule has 0 aliphatic carbocycles. The Balaban J connectivity index is 1.97. The van der Waals surface area contributed by atoms with Crippen molar-refractivity contribution in [2.45, 2.75) is 12.5 Å². The van der Waals surface area contributed by atoms with E-state index < -0.39 is 0 Å². The van der Waals surface area contributed by atoms with E-state index in [2.05, 4.69) is 0 Å². The topological polar surface area (TPSA) is 35.2 Å². The third-order valence-electron chi connectivity index (χ3n) is 2.07. The molecule has 1 atom stereocenters. The fourth-order valence-electron chi connectivity index (χ4n) is 1.34. The zero-order valence-electron chi connectivity index (χ0n) is 7.40. The van der Waals surface area contributed by atoms with Crippen LogP contribution in [0.15, 0.2) is 24.3 Å². The maximum Gasteiger partial charge on any atom is 0.119 e.